The zero-order chi connectivity index (χ0) is 15.4. The minimum Gasteiger partial charge on any atom is -0.258 e. The van der Waals surface area contributed by atoms with Gasteiger partial charge in [0.05, 0.1) is 27.0 Å². The highest BCUT2D eigenvalue weighted by Crippen LogP contribution is 2.19. The Balaban J connectivity index is 2.22. The molecule has 1 unspecified atom stereocenters. The molecule has 2 rings (SSSR count). The van der Waals surface area contributed by atoms with Gasteiger partial charge in [-0.15, -0.1) is 0 Å². The van der Waals surface area contributed by atoms with Crippen LogP contribution in [0.5, 0.6) is 0 Å². The summed E-state index contributed by atoms with van der Waals surface area (Å²) in [6.07, 6.45) is 0. The second-order valence-electron chi connectivity index (χ2n) is 4.13. The molecular formula is C14H9FN2O3S. The molecule has 0 saturated heterocycles. The fourth-order valence-corrected chi connectivity index (χ4v) is 2.83. The van der Waals surface area contributed by atoms with Gasteiger partial charge < -0.3 is 0 Å². The predicted octanol–water partition coefficient (Wildman–Crippen LogP) is 2.91. The van der Waals surface area contributed by atoms with E-state index >= 15 is 0 Å². The van der Waals surface area contributed by atoms with Crippen LogP contribution in [0.3, 0.4) is 0 Å². The summed E-state index contributed by atoms with van der Waals surface area (Å²) in [6.45, 7) is 0. The van der Waals surface area contributed by atoms with Crippen LogP contribution in [0.2, 0.25) is 0 Å². The van der Waals surface area contributed by atoms with E-state index in [4.69, 9.17) is 5.26 Å². The van der Waals surface area contributed by atoms with E-state index in [2.05, 4.69) is 0 Å². The smallest absolute Gasteiger partial charge is 0.258 e. The van der Waals surface area contributed by atoms with Gasteiger partial charge in [-0.2, -0.15) is 5.26 Å². The van der Waals surface area contributed by atoms with Crippen molar-refractivity contribution in [2.75, 3.05) is 0 Å². The van der Waals surface area contributed by atoms with Gasteiger partial charge in [-0.1, -0.05) is 12.1 Å². The van der Waals surface area contributed by atoms with Crippen molar-refractivity contribution < 1.29 is 13.5 Å². The summed E-state index contributed by atoms with van der Waals surface area (Å²) in [4.78, 5) is 10.3. The van der Waals surface area contributed by atoms with Gasteiger partial charge in [-0.3, -0.25) is 14.3 Å². The quantitative estimate of drug-likeness (QED) is 0.642. The number of benzene rings is 2. The van der Waals surface area contributed by atoms with E-state index in [-0.39, 0.29) is 22.6 Å². The van der Waals surface area contributed by atoms with E-state index in [1.165, 1.54) is 42.5 Å². The predicted molar refractivity (Wildman–Crippen MR) is 74.3 cm³/mol. The molecule has 0 aliphatic heterocycles. The number of hydrogen-bond donors (Lipinski definition) is 0. The molecule has 2 aromatic carbocycles. The second kappa shape index (κ2) is 6.24. The van der Waals surface area contributed by atoms with Crippen LogP contribution >= 0.6 is 0 Å². The maximum atomic E-state index is 13.9. The highest BCUT2D eigenvalue weighted by Gasteiger charge is 2.13. The Morgan fingerprint density at radius 3 is 2.48 bits per heavy atom. The molecule has 0 N–H and O–H groups in total. The van der Waals surface area contributed by atoms with Crippen LogP contribution in [0.4, 0.5) is 10.1 Å². The van der Waals surface area contributed by atoms with E-state index in [1.807, 2.05) is 0 Å². The number of rotatable bonds is 4. The average molecular weight is 304 g/mol. The molecule has 0 aliphatic rings. The third-order valence-corrected chi connectivity index (χ3v) is 4.17. The first-order valence-electron chi connectivity index (χ1n) is 5.83. The summed E-state index contributed by atoms with van der Waals surface area (Å²) < 4.78 is 26.0. The van der Waals surface area contributed by atoms with Crippen molar-refractivity contribution in [2.24, 2.45) is 0 Å². The molecule has 21 heavy (non-hydrogen) atoms. The summed E-state index contributed by atoms with van der Waals surface area (Å²) >= 11 is 0. The SMILES string of the molecule is N#Cc1cccc(CS(=O)c2ccc([N+](=O)[O-])cc2)c1F. The van der Waals surface area contributed by atoms with Gasteiger partial charge >= 0.3 is 0 Å². The van der Waals surface area contributed by atoms with Crippen LogP contribution in [0.25, 0.3) is 0 Å². The molecule has 1 atom stereocenters. The standard InChI is InChI=1S/C14H9FN2O3S/c15-14-10(8-16)2-1-3-11(14)9-21(20)13-6-4-12(5-7-13)17(18)19/h1-7H,9H2. The molecule has 5 nitrogen and oxygen atoms in total. The number of halogens is 1. The Morgan fingerprint density at radius 2 is 1.90 bits per heavy atom. The third kappa shape index (κ3) is 3.30. The Hall–Kier alpha value is -2.59. The lowest BCUT2D eigenvalue weighted by atomic mass is 10.1. The summed E-state index contributed by atoms with van der Waals surface area (Å²) in [6, 6.07) is 11.3. The maximum absolute atomic E-state index is 13.9. The zero-order valence-electron chi connectivity index (χ0n) is 10.7. The van der Waals surface area contributed by atoms with E-state index in [0.717, 1.165) is 0 Å². The molecule has 0 saturated carbocycles. The van der Waals surface area contributed by atoms with Crippen molar-refractivity contribution in [1.29, 1.82) is 5.26 Å². The van der Waals surface area contributed by atoms with Crippen molar-refractivity contribution in [3.8, 4) is 6.07 Å². The van der Waals surface area contributed by atoms with Gasteiger partial charge in [0.2, 0.25) is 0 Å². The number of nitrogens with zero attached hydrogens (tertiary/aromatic N) is 2. The normalized spacial score (nSPS) is 11.6. The number of nitro benzene ring substituents is 1. The van der Waals surface area contributed by atoms with Crippen molar-refractivity contribution in [1.82, 2.24) is 0 Å². The van der Waals surface area contributed by atoms with Crippen LogP contribution < -0.4 is 0 Å². The number of nitro groups is 1. The van der Waals surface area contributed by atoms with Crippen LogP contribution in [0.1, 0.15) is 11.1 Å². The Kier molecular flexibility index (Phi) is 4.40. The summed E-state index contributed by atoms with van der Waals surface area (Å²) in [5.41, 5.74) is -0.0349. The fourth-order valence-electron chi connectivity index (χ4n) is 1.72. The monoisotopic (exact) mass is 304 g/mol. The lowest BCUT2D eigenvalue weighted by molar-refractivity contribution is -0.384. The highest BCUT2D eigenvalue weighted by atomic mass is 32.2. The largest absolute Gasteiger partial charge is 0.269 e. The molecule has 2 aromatic rings. The minimum atomic E-state index is -1.55. The summed E-state index contributed by atoms with van der Waals surface area (Å²) in [5.74, 6) is -0.783. The first-order chi connectivity index (χ1) is 10.0. The molecule has 0 radical (unpaired) electrons. The Labute approximate surface area is 122 Å². The molecule has 0 aliphatic carbocycles. The van der Waals surface area contributed by atoms with E-state index < -0.39 is 21.5 Å². The highest BCUT2D eigenvalue weighted by molar-refractivity contribution is 7.84. The van der Waals surface area contributed by atoms with Gasteiger partial charge in [0.25, 0.3) is 5.69 Å². The van der Waals surface area contributed by atoms with E-state index in [0.29, 0.717) is 4.90 Å². The summed E-state index contributed by atoms with van der Waals surface area (Å²) in [7, 11) is -1.55. The van der Waals surface area contributed by atoms with Crippen molar-refractivity contribution in [3.63, 3.8) is 0 Å². The van der Waals surface area contributed by atoms with Gasteiger partial charge in [0, 0.05) is 22.6 Å². The fraction of sp³-hybridized carbons (Fsp3) is 0.0714. The van der Waals surface area contributed by atoms with Crippen molar-refractivity contribution >= 4 is 16.5 Å². The zero-order valence-corrected chi connectivity index (χ0v) is 11.5. The molecule has 0 amide bonds. The lowest BCUT2D eigenvalue weighted by Crippen LogP contribution is -2.01. The Morgan fingerprint density at radius 1 is 1.24 bits per heavy atom. The molecule has 7 heteroatoms. The molecule has 0 spiro atoms. The minimum absolute atomic E-state index is 0.0981. The molecule has 106 valence electrons. The average Bonchev–Trinajstić information content (AvgIpc) is 2.49. The molecule has 0 heterocycles. The van der Waals surface area contributed by atoms with Gasteiger partial charge in [-0.25, -0.2) is 4.39 Å². The van der Waals surface area contributed by atoms with Gasteiger partial charge in [-0.05, 0) is 18.2 Å². The molecule has 0 fully saturated rings. The first-order valence-corrected chi connectivity index (χ1v) is 7.15. The van der Waals surface area contributed by atoms with Gasteiger partial charge in [0.15, 0.2) is 0 Å². The van der Waals surface area contributed by atoms with Crippen LogP contribution in [-0.2, 0) is 16.6 Å². The van der Waals surface area contributed by atoms with Gasteiger partial charge in [0.1, 0.15) is 11.9 Å². The van der Waals surface area contributed by atoms with Crippen LogP contribution in [0, 0.1) is 27.3 Å². The number of nitriles is 1. The summed E-state index contributed by atoms with van der Waals surface area (Å²) in [5, 5.41) is 19.3. The molecular weight excluding hydrogens is 295 g/mol. The van der Waals surface area contributed by atoms with Crippen LogP contribution in [0.15, 0.2) is 47.4 Å². The number of non-ortho nitro benzene ring substituents is 1. The van der Waals surface area contributed by atoms with E-state index in [1.54, 1.807) is 6.07 Å². The molecule has 0 bridgehead atoms. The van der Waals surface area contributed by atoms with Crippen LogP contribution in [-0.4, -0.2) is 9.13 Å². The molecule has 0 aromatic heterocycles. The second-order valence-corrected chi connectivity index (χ2v) is 5.58. The topological polar surface area (TPSA) is 84.0 Å². The maximum Gasteiger partial charge on any atom is 0.269 e. The van der Waals surface area contributed by atoms with Crippen molar-refractivity contribution in [3.05, 3.63) is 69.5 Å². The third-order valence-electron chi connectivity index (χ3n) is 2.80. The first kappa shape index (κ1) is 14.8. The Bertz CT molecular complexity index is 754. The number of hydrogen-bond acceptors (Lipinski definition) is 4. The van der Waals surface area contributed by atoms with E-state index in [9.17, 15) is 18.7 Å². The van der Waals surface area contributed by atoms with Crippen molar-refractivity contribution in [2.45, 2.75) is 10.6 Å². The lowest BCUT2D eigenvalue weighted by Gasteiger charge is -2.05.